The number of aromatic nitrogens is 1. The molecule has 14 heavy (non-hydrogen) atoms. The van der Waals surface area contributed by atoms with Gasteiger partial charge < -0.3 is 0 Å². The quantitative estimate of drug-likeness (QED) is 0.551. The second-order valence-corrected chi connectivity index (χ2v) is 3.55. The molecule has 0 saturated heterocycles. The number of halogens is 2. The average Bonchev–Trinajstić information content (AvgIpc) is 2.18. The summed E-state index contributed by atoms with van der Waals surface area (Å²) >= 11 is 11.7. The highest BCUT2D eigenvalue weighted by Crippen LogP contribution is 2.27. The fraction of sp³-hybridized carbons (Fsp3) is 0. The fourth-order valence-corrected chi connectivity index (χ4v) is 1.74. The molecule has 0 radical (unpaired) electrons. The van der Waals surface area contributed by atoms with Gasteiger partial charge in [-0.25, -0.2) is 4.98 Å². The SMILES string of the molecule is O=Cc1c(Cl)ncc2c(Cl)cccc12. The molecule has 0 aliphatic carbocycles. The van der Waals surface area contributed by atoms with Gasteiger partial charge in [-0.3, -0.25) is 4.79 Å². The van der Waals surface area contributed by atoms with Crippen LogP contribution in [0.25, 0.3) is 10.8 Å². The van der Waals surface area contributed by atoms with E-state index >= 15 is 0 Å². The second kappa shape index (κ2) is 3.56. The van der Waals surface area contributed by atoms with Crippen molar-refractivity contribution in [2.75, 3.05) is 0 Å². The van der Waals surface area contributed by atoms with E-state index in [1.165, 1.54) is 0 Å². The Morgan fingerprint density at radius 1 is 1.21 bits per heavy atom. The Morgan fingerprint density at radius 2 is 2.00 bits per heavy atom. The molecule has 2 aromatic rings. The number of hydrogen-bond donors (Lipinski definition) is 0. The summed E-state index contributed by atoms with van der Waals surface area (Å²) in [5.74, 6) is 0. The molecule has 0 amide bonds. The molecule has 0 bridgehead atoms. The van der Waals surface area contributed by atoms with E-state index < -0.39 is 0 Å². The summed E-state index contributed by atoms with van der Waals surface area (Å²) in [6.07, 6.45) is 2.25. The molecule has 0 aliphatic heterocycles. The standard InChI is InChI=1S/C10H5Cl2NO/c11-9-3-1-2-6-7(9)4-13-10(12)8(6)5-14/h1-5H. The van der Waals surface area contributed by atoms with Crippen LogP contribution in [0.1, 0.15) is 10.4 Å². The van der Waals surface area contributed by atoms with Gasteiger partial charge in [-0.05, 0) is 11.5 Å². The molecule has 0 aliphatic rings. The summed E-state index contributed by atoms with van der Waals surface area (Å²) in [7, 11) is 0. The van der Waals surface area contributed by atoms with Gasteiger partial charge in [-0.1, -0.05) is 35.3 Å². The van der Waals surface area contributed by atoms with Gasteiger partial charge >= 0.3 is 0 Å². The molecular formula is C10H5Cl2NO. The summed E-state index contributed by atoms with van der Waals surface area (Å²) in [6, 6.07) is 5.31. The monoisotopic (exact) mass is 225 g/mol. The van der Waals surface area contributed by atoms with Crippen molar-refractivity contribution in [3.05, 3.63) is 40.1 Å². The van der Waals surface area contributed by atoms with Gasteiger partial charge in [0, 0.05) is 16.6 Å². The number of rotatable bonds is 1. The topological polar surface area (TPSA) is 30.0 Å². The third-order valence-electron chi connectivity index (χ3n) is 1.99. The zero-order chi connectivity index (χ0) is 10.1. The van der Waals surface area contributed by atoms with Crippen molar-refractivity contribution in [1.29, 1.82) is 0 Å². The van der Waals surface area contributed by atoms with Crippen molar-refractivity contribution in [1.82, 2.24) is 4.98 Å². The number of aldehydes is 1. The van der Waals surface area contributed by atoms with Crippen molar-refractivity contribution >= 4 is 40.3 Å². The maximum Gasteiger partial charge on any atom is 0.153 e. The number of fused-ring (bicyclic) bond motifs is 1. The van der Waals surface area contributed by atoms with Crippen molar-refractivity contribution in [3.8, 4) is 0 Å². The van der Waals surface area contributed by atoms with E-state index in [0.29, 0.717) is 16.9 Å². The summed E-state index contributed by atoms with van der Waals surface area (Å²) in [6.45, 7) is 0. The minimum Gasteiger partial charge on any atom is -0.298 e. The lowest BCUT2D eigenvalue weighted by Gasteiger charge is -2.03. The third kappa shape index (κ3) is 1.37. The minimum absolute atomic E-state index is 0.203. The average molecular weight is 226 g/mol. The van der Waals surface area contributed by atoms with Crippen LogP contribution in [-0.2, 0) is 0 Å². The highest BCUT2D eigenvalue weighted by Gasteiger charge is 2.07. The summed E-state index contributed by atoms with van der Waals surface area (Å²) in [5, 5.41) is 2.23. The highest BCUT2D eigenvalue weighted by atomic mass is 35.5. The zero-order valence-corrected chi connectivity index (χ0v) is 8.51. The van der Waals surface area contributed by atoms with E-state index in [4.69, 9.17) is 23.2 Å². The molecule has 0 saturated carbocycles. The molecule has 1 heterocycles. The molecule has 0 unspecified atom stereocenters. The van der Waals surface area contributed by atoms with E-state index in [9.17, 15) is 4.79 Å². The Kier molecular flexibility index (Phi) is 2.40. The van der Waals surface area contributed by atoms with Gasteiger partial charge in [0.15, 0.2) is 6.29 Å². The van der Waals surface area contributed by atoms with Crippen LogP contribution >= 0.6 is 23.2 Å². The van der Waals surface area contributed by atoms with Crippen LogP contribution in [0.15, 0.2) is 24.4 Å². The van der Waals surface area contributed by atoms with Crippen LogP contribution in [0.3, 0.4) is 0 Å². The minimum atomic E-state index is 0.203. The van der Waals surface area contributed by atoms with Gasteiger partial charge in [-0.15, -0.1) is 0 Å². The largest absolute Gasteiger partial charge is 0.298 e. The van der Waals surface area contributed by atoms with Crippen LogP contribution in [-0.4, -0.2) is 11.3 Å². The first-order valence-corrected chi connectivity index (χ1v) is 4.67. The lowest BCUT2D eigenvalue weighted by molar-refractivity contribution is 0.112. The Hall–Kier alpha value is -1.12. The maximum atomic E-state index is 10.8. The molecule has 4 heteroatoms. The number of nitrogens with zero attached hydrogens (tertiary/aromatic N) is 1. The summed E-state index contributed by atoms with van der Waals surface area (Å²) in [4.78, 5) is 14.7. The van der Waals surface area contributed by atoms with Gasteiger partial charge in [0.1, 0.15) is 5.15 Å². The molecule has 1 aromatic carbocycles. The van der Waals surface area contributed by atoms with Crippen LogP contribution in [0.4, 0.5) is 0 Å². The van der Waals surface area contributed by atoms with E-state index in [2.05, 4.69) is 4.98 Å². The van der Waals surface area contributed by atoms with Gasteiger partial charge in [0.25, 0.3) is 0 Å². The number of hydrogen-bond acceptors (Lipinski definition) is 2. The first-order valence-electron chi connectivity index (χ1n) is 3.92. The molecule has 0 spiro atoms. The Balaban J connectivity index is 2.95. The number of benzene rings is 1. The number of carbonyl (C=O) groups is 1. The fourth-order valence-electron chi connectivity index (χ4n) is 1.32. The van der Waals surface area contributed by atoms with E-state index in [1.807, 2.05) is 0 Å². The van der Waals surface area contributed by atoms with Crippen molar-refractivity contribution in [2.24, 2.45) is 0 Å². The molecule has 1 aromatic heterocycles. The molecule has 70 valence electrons. The molecule has 0 atom stereocenters. The van der Waals surface area contributed by atoms with Crippen LogP contribution < -0.4 is 0 Å². The first-order chi connectivity index (χ1) is 6.74. The van der Waals surface area contributed by atoms with E-state index in [0.717, 1.165) is 10.8 Å². The van der Waals surface area contributed by atoms with E-state index in [-0.39, 0.29) is 5.15 Å². The van der Waals surface area contributed by atoms with Crippen molar-refractivity contribution in [2.45, 2.75) is 0 Å². The molecule has 2 nitrogen and oxygen atoms in total. The van der Waals surface area contributed by atoms with Crippen LogP contribution in [0.5, 0.6) is 0 Å². The van der Waals surface area contributed by atoms with Gasteiger partial charge in [0.05, 0.1) is 5.56 Å². The Morgan fingerprint density at radius 3 is 2.71 bits per heavy atom. The lowest BCUT2D eigenvalue weighted by Crippen LogP contribution is -1.89. The van der Waals surface area contributed by atoms with Crippen LogP contribution in [0, 0.1) is 0 Å². The zero-order valence-electron chi connectivity index (χ0n) is 7.00. The lowest BCUT2D eigenvalue weighted by atomic mass is 10.1. The molecular weight excluding hydrogens is 221 g/mol. The predicted octanol–water partition coefficient (Wildman–Crippen LogP) is 3.35. The molecule has 2 rings (SSSR count). The summed E-state index contributed by atoms with van der Waals surface area (Å²) in [5.41, 5.74) is 0.381. The van der Waals surface area contributed by atoms with Crippen molar-refractivity contribution in [3.63, 3.8) is 0 Å². The normalized spacial score (nSPS) is 10.4. The second-order valence-electron chi connectivity index (χ2n) is 2.78. The summed E-state index contributed by atoms with van der Waals surface area (Å²) < 4.78 is 0. The molecule has 0 fully saturated rings. The van der Waals surface area contributed by atoms with Crippen LogP contribution in [0.2, 0.25) is 10.2 Å². The van der Waals surface area contributed by atoms with E-state index in [1.54, 1.807) is 24.4 Å². The van der Waals surface area contributed by atoms with Crippen molar-refractivity contribution < 1.29 is 4.79 Å². The van der Waals surface area contributed by atoms with Gasteiger partial charge in [-0.2, -0.15) is 0 Å². The molecule has 0 N–H and O–H groups in total. The Bertz CT molecular complexity index is 511. The smallest absolute Gasteiger partial charge is 0.153 e. The Labute approximate surface area is 90.5 Å². The number of carbonyl (C=O) groups excluding carboxylic acids is 1. The highest BCUT2D eigenvalue weighted by molar-refractivity contribution is 6.37. The number of pyridine rings is 1. The predicted molar refractivity (Wildman–Crippen MR) is 57.2 cm³/mol. The van der Waals surface area contributed by atoms with Gasteiger partial charge in [0.2, 0.25) is 0 Å². The maximum absolute atomic E-state index is 10.8. The first kappa shape index (κ1) is 9.44. The third-order valence-corrected chi connectivity index (χ3v) is 2.62.